The molecule has 2 aromatic carbocycles. The average Bonchev–Trinajstić information content (AvgIpc) is 3.39. The Bertz CT molecular complexity index is 1310. The van der Waals surface area contributed by atoms with Gasteiger partial charge in [-0.1, -0.05) is 0 Å². The molecule has 1 aromatic heterocycles. The number of ketones is 1. The summed E-state index contributed by atoms with van der Waals surface area (Å²) in [5, 5.41) is 5.66. The third-order valence-corrected chi connectivity index (χ3v) is 7.88. The van der Waals surface area contributed by atoms with Crippen LogP contribution in [0.5, 0.6) is 5.75 Å². The highest BCUT2D eigenvalue weighted by Crippen LogP contribution is 2.31. The van der Waals surface area contributed by atoms with Crippen LogP contribution in [0.3, 0.4) is 0 Å². The molecule has 8 heteroatoms. The molecule has 2 aliphatic rings. The summed E-state index contributed by atoms with van der Waals surface area (Å²) in [6, 6.07) is 12.8. The number of nitrogens with one attached hydrogen (secondary N) is 1. The van der Waals surface area contributed by atoms with E-state index in [1.165, 1.54) is 11.3 Å². The summed E-state index contributed by atoms with van der Waals surface area (Å²) < 4.78 is 5.66. The molecule has 1 saturated heterocycles. The molecular formula is C29H31N3O4S. The van der Waals surface area contributed by atoms with E-state index in [1.54, 1.807) is 11.4 Å². The van der Waals surface area contributed by atoms with Gasteiger partial charge >= 0.3 is 0 Å². The molecule has 1 aliphatic carbocycles. The second kappa shape index (κ2) is 10.8. The smallest absolute Gasteiger partial charge is 0.275 e. The second-order valence-corrected chi connectivity index (χ2v) is 10.8. The lowest BCUT2D eigenvalue weighted by Crippen LogP contribution is -2.37. The molecule has 1 aliphatic heterocycles. The van der Waals surface area contributed by atoms with Crippen molar-refractivity contribution in [2.75, 3.05) is 18.4 Å². The molecule has 0 unspecified atom stereocenters. The molecule has 192 valence electrons. The van der Waals surface area contributed by atoms with Gasteiger partial charge in [-0.2, -0.15) is 0 Å². The summed E-state index contributed by atoms with van der Waals surface area (Å²) in [4.78, 5) is 44.3. The zero-order chi connectivity index (χ0) is 25.9. The van der Waals surface area contributed by atoms with Crippen LogP contribution in [0.1, 0.15) is 87.2 Å². The van der Waals surface area contributed by atoms with Crippen molar-refractivity contribution in [3.8, 4) is 5.75 Å². The number of nitrogens with zero attached hydrogens (tertiary/aromatic N) is 2. The molecular weight excluding hydrogens is 486 g/mol. The number of anilines is 1. The van der Waals surface area contributed by atoms with Crippen molar-refractivity contribution >= 4 is 34.6 Å². The lowest BCUT2D eigenvalue weighted by Gasteiger charge is -2.31. The number of fused-ring (bicyclic) bond motifs is 1. The number of aryl methyl sites for hydroxylation is 1. The monoisotopic (exact) mass is 517 g/mol. The number of carbonyl (C=O) groups excluding carboxylic acids is 3. The van der Waals surface area contributed by atoms with Gasteiger partial charge < -0.3 is 15.0 Å². The van der Waals surface area contributed by atoms with Gasteiger partial charge in [0.25, 0.3) is 11.8 Å². The highest BCUT2D eigenvalue weighted by molar-refractivity contribution is 7.10. The third-order valence-electron chi connectivity index (χ3n) is 6.87. The van der Waals surface area contributed by atoms with Crippen molar-refractivity contribution in [3.63, 3.8) is 0 Å². The number of rotatable bonds is 6. The minimum absolute atomic E-state index is 0.0282. The van der Waals surface area contributed by atoms with E-state index >= 15 is 0 Å². The molecule has 0 spiro atoms. The maximum atomic E-state index is 13.0. The zero-order valence-electron chi connectivity index (χ0n) is 21.2. The highest BCUT2D eigenvalue weighted by atomic mass is 32.1. The average molecular weight is 518 g/mol. The Kier molecular flexibility index (Phi) is 7.37. The topological polar surface area (TPSA) is 88.6 Å². The molecule has 3 aromatic rings. The fourth-order valence-corrected chi connectivity index (χ4v) is 5.93. The van der Waals surface area contributed by atoms with Crippen molar-refractivity contribution in [2.24, 2.45) is 0 Å². The number of thiazole rings is 1. The van der Waals surface area contributed by atoms with E-state index in [2.05, 4.69) is 10.3 Å². The molecule has 7 nitrogen and oxygen atoms in total. The van der Waals surface area contributed by atoms with E-state index in [9.17, 15) is 14.4 Å². The molecule has 0 atom stereocenters. The normalized spacial score (nSPS) is 16.0. The number of hydrogen-bond acceptors (Lipinski definition) is 6. The Labute approximate surface area is 220 Å². The van der Waals surface area contributed by atoms with Crippen LogP contribution in [0.4, 0.5) is 5.69 Å². The van der Waals surface area contributed by atoms with Crippen molar-refractivity contribution < 1.29 is 19.1 Å². The van der Waals surface area contributed by atoms with E-state index < -0.39 is 0 Å². The fourth-order valence-electron chi connectivity index (χ4n) is 4.96. The van der Waals surface area contributed by atoms with Crippen LogP contribution in [0.2, 0.25) is 0 Å². The van der Waals surface area contributed by atoms with Gasteiger partial charge in [0.2, 0.25) is 0 Å². The van der Waals surface area contributed by atoms with Crippen LogP contribution in [-0.2, 0) is 6.42 Å². The zero-order valence-corrected chi connectivity index (χ0v) is 22.0. The van der Waals surface area contributed by atoms with Gasteiger partial charge in [0.1, 0.15) is 11.4 Å². The van der Waals surface area contributed by atoms with Crippen LogP contribution < -0.4 is 10.1 Å². The summed E-state index contributed by atoms with van der Waals surface area (Å²) in [5.41, 5.74) is 3.50. The molecule has 37 heavy (non-hydrogen) atoms. The van der Waals surface area contributed by atoms with E-state index in [0.29, 0.717) is 36.5 Å². The first kappa shape index (κ1) is 25.1. The summed E-state index contributed by atoms with van der Waals surface area (Å²) in [7, 11) is 0. The molecule has 0 bridgehead atoms. The minimum Gasteiger partial charge on any atom is -0.491 e. The maximum absolute atomic E-state index is 13.0. The van der Waals surface area contributed by atoms with E-state index in [0.717, 1.165) is 47.6 Å². The molecule has 2 amide bonds. The first-order chi connectivity index (χ1) is 17.9. The van der Waals surface area contributed by atoms with Crippen LogP contribution >= 0.6 is 11.3 Å². The second-order valence-electron chi connectivity index (χ2n) is 9.93. The van der Waals surface area contributed by atoms with Crippen LogP contribution in [0.15, 0.2) is 47.8 Å². The van der Waals surface area contributed by atoms with Crippen LogP contribution in [0, 0.1) is 0 Å². The van der Waals surface area contributed by atoms with Crippen molar-refractivity contribution in [1.82, 2.24) is 9.88 Å². The van der Waals surface area contributed by atoms with Gasteiger partial charge in [0, 0.05) is 47.6 Å². The standard InChI is InChI=1S/C29H31N3O4S/c1-18(2)36-23-9-6-20(7-10-23)29(35)32-14-12-19(13-15-32)28-31-25(17-37-28)27(34)30-22-8-11-24-21(16-22)4-3-5-26(24)33/h6-11,16-19H,3-5,12-15H2,1-2H3,(H,30,34). The van der Waals surface area contributed by atoms with E-state index in [-0.39, 0.29) is 29.6 Å². The minimum atomic E-state index is -0.248. The largest absolute Gasteiger partial charge is 0.491 e. The lowest BCUT2D eigenvalue weighted by atomic mass is 9.90. The Morgan fingerprint density at radius 2 is 1.84 bits per heavy atom. The number of aromatic nitrogens is 1. The number of hydrogen-bond donors (Lipinski definition) is 1. The first-order valence-electron chi connectivity index (χ1n) is 12.9. The lowest BCUT2D eigenvalue weighted by molar-refractivity contribution is 0.0712. The summed E-state index contributed by atoms with van der Waals surface area (Å²) >= 11 is 1.50. The van der Waals surface area contributed by atoms with Gasteiger partial charge in [0.15, 0.2) is 5.78 Å². The Morgan fingerprint density at radius 3 is 2.57 bits per heavy atom. The molecule has 0 saturated carbocycles. The Balaban J connectivity index is 1.16. The summed E-state index contributed by atoms with van der Waals surface area (Å²) in [6.45, 7) is 5.26. The number of likely N-dealkylation sites (tertiary alicyclic amines) is 1. The van der Waals surface area contributed by atoms with Crippen molar-refractivity contribution in [3.05, 3.63) is 75.2 Å². The number of amides is 2. The number of Topliss-reactive ketones (excluding diaryl/α,β-unsaturated/α-hetero) is 1. The molecule has 1 N–H and O–H groups in total. The third kappa shape index (κ3) is 5.74. The highest BCUT2D eigenvalue weighted by Gasteiger charge is 2.27. The van der Waals surface area contributed by atoms with E-state index in [1.807, 2.05) is 55.1 Å². The predicted octanol–water partition coefficient (Wildman–Crippen LogP) is 5.72. The van der Waals surface area contributed by atoms with Gasteiger partial charge in [-0.3, -0.25) is 14.4 Å². The maximum Gasteiger partial charge on any atom is 0.275 e. The van der Waals surface area contributed by atoms with E-state index in [4.69, 9.17) is 4.74 Å². The van der Waals surface area contributed by atoms with Gasteiger partial charge in [-0.15, -0.1) is 11.3 Å². The molecule has 1 fully saturated rings. The van der Waals surface area contributed by atoms with Crippen LogP contribution in [-0.4, -0.2) is 46.7 Å². The first-order valence-corrected chi connectivity index (χ1v) is 13.7. The summed E-state index contributed by atoms with van der Waals surface area (Å²) in [5.74, 6) is 0.940. The number of benzene rings is 2. The predicted molar refractivity (Wildman–Crippen MR) is 144 cm³/mol. The number of carbonyl (C=O) groups is 3. The van der Waals surface area contributed by atoms with Crippen molar-refractivity contribution in [2.45, 2.75) is 58.0 Å². The SMILES string of the molecule is CC(C)Oc1ccc(C(=O)N2CCC(c3nc(C(=O)Nc4ccc5c(c4)CCCC5=O)cs3)CC2)cc1. The number of piperidine rings is 1. The summed E-state index contributed by atoms with van der Waals surface area (Å²) in [6.07, 6.45) is 4.01. The quantitative estimate of drug-likeness (QED) is 0.452. The molecule has 0 radical (unpaired) electrons. The number of ether oxygens (including phenoxy) is 1. The molecule has 2 heterocycles. The Hall–Kier alpha value is -3.52. The van der Waals surface area contributed by atoms with Gasteiger partial charge in [-0.25, -0.2) is 4.98 Å². The van der Waals surface area contributed by atoms with Gasteiger partial charge in [-0.05, 0) is 87.6 Å². The fraction of sp³-hybridized carbons (Fsp3) is 0.379. The van der Waals surface area contributed by atoms with Gasteiger partial charge in [0.05, 0.1) is 11.1 Å². The Morgan fingerprint density at radius 1 is 1.08 bits per heavy atom. The van der Waals surface area contributed by atoms with Crippen LogP contribution in [0.25, 0.3) is 0 Å². The molecule has 5 rings (SSSR count). The van der Waals surface area contributed by atoms with Crippen molar-refractivity contribution in [1.29, 1.82) is 0 Å².